The summed E-state index contributed by atoms with van der Waals surface area (Å²) in [6.45, 7) is 4.11. The van der Waals surface area contributed by atoms with E-state index in [2.05, 4.69) is 28.9 Å². The number of benzene rings is 2. The fourth-order valence-corrected chi connectivity index (χ4v) is 2.65. The van der Waals surface area contributed by atoms with Crippen LogP contribution in [0.4, 0.5) is 0 Å². The number of carbonyl (C=O) groups is 1. The number of rotatable bonds is 4. The van der Waals surface area contributed by atoms with E-state index in [1.807, 2.05) is 43.3 Å². The van der Waals surface area contributed by atoms with E-state index in [1.165, 1.54) is 11.1 Å². The molecule has 2 nitrogen and oxygen atoms in total. The van der Waals surface area contributed by atoms with Crippen molar-refractivity contribution in [2.24, 2.45) is 0 Å². The smallest absolute Gasteiger partial charge is 0.311 e. The molecular weight excluding hydrogens is 316 g/mol. The van der Waals surface area contributed by atoms with Crippen LogP contribution in [0.5, 0.6) is 0 Å². The van der Waals surface area contributed by atoms with Gasteiger partial charge in [0.2, 0.25) is 0 Å². The molecule has 0 aliphatic rings. The van der Waals surface area contributed by atoms with Gasteiger partial charge >= 0.3 is 5.97 Å². The van der Waals surface area contributed by atoms with Crippen molar-refractivity contribution in [3.8, 4) is 0 Å². The van der Waals surface area contributed by atoms with E-state index in [9.17, 15) is 9.90 Å². The highest BCUT2D eigenvalue weighted by Crippen LogP contribution is 2.25. The van der Waals surface area contributed by atoms with Crippen molar-refractivity contribution in [2.45, 2.75) is 26.2 Å². The van der Waals surface area contributed by atoms with Crippen molar-refractivity contribution in [1.82, 2.24) is 0 Å². The second kappa shape index (κ2) is 6.23. The van der Waals surface area contributed by atoms with Crippen molar-refractivity contribution >= 4 is 21.9 Å². The van der Waals surface area contributed by atoms with Crippen molar-refractivity contribution in [1.29, 1.82) is 0 Å². The van der Waals surface area contributed by atoms with E-state index in [0.29, 0.717) is 6.42 Å². The lowest BCUT2D eigenvalue weighted by atomic mass is 9.91. The highest BCUT2D eigenvalue weighted by molar-refractivity contribution is 9.10. The Morgan fingerprint density at radius 2 is 1.90 bits per heavy atom. The lowest BCUT2D eigenvalue weighted by Gasteiger charge is -2.14. The van der Waals surface area contributed by atoms with E-state index >= 15 is 0 Å². The number of hydrogen-bond donors (Lipinski definition) is 1. The third kappa shape index (κ3) is 3.48. The van der Waals surface area contributed by atoms with E-state index in [1.54, 1.807) is 0 Å². The first-order valence-electron chi connectivity index (χ1n) is 6.52. The molecule has 0 fully saturated rings. The highest BCUT2D eigenvalue weighted by Gasteiger charge is 2.20. The quantitative estimate of drug-likeness (QED) is 0.896. The summed E-state index contributed by atoms with van der Waals surface area (Å²) >= 11 is 3.39. The molecule has 0 aromatic heterocycles. The Kier molecular flexibility index (Phi) is 4.61. The molecule has 2 aromatic carbocycles. The Hall–Kier alpha value is -1.61. The molecule has 0 radical (unpaired) electrons. The molecule has 0 amide bonds. The summed E-state index contributed by atoms with van der Waals surface area (Å²) in [6, 6.07) is 13.6. The van der Waals surface area contributed by atoms with Gasteiger partial charge in [0, 0.05) is 4.47 Å². The molecule has 0 aliphatic carbocycles. The van der Waals surface area contributed by atoms with Crippen LogP contribution in [0.3, 0.4) is 0 Å². The lowest BCUT2D eigenvalue weighted by Crippen LogP contribution is -2.14. The minimum absolute atomic E-state index is 0.507. The van der Waals surface area contributed by atoms with Crippen LogP contribution >= 0.6 is 15.9 Å². The van der Waals surface area contributed by atoms with Crippen LogP contribution in [0, 0.1) is 13.8 Å². The lowest BCUT2D eigenvalue weighted by molar-refractivity contribution is -0.138. The number of aryl methyl sites for hydroxylation is 2. The second-order valence-corrected chi connectivity index (χ2v) is 5.98. The predicted octanol–water partition coefficient (Wildman–Crippen LogP) is 4.48. The Morgan fingerprint density at radius 1 is 1.15 bits per heavy atom. The topological polar surface area (TPSA) is 37.3 Å². The van der Waals surface area contributed by atoms with E-state index in [4.69, 9.17) is 0 Å². The van der Waals surface area contributed by atoms with Gasteiger partial charge in [-0.2, -0.15) is 0 Å². The predicted molar refractivity (Wildman–Crippen MR) is 84.1 cm³/mol. The van der Waals surface area contributed by atoms with Gasteiger partial charge in [0.25, 0.3) is 0 Å². The molecule has 2 aromatic rings. The van der Waals surface area contributed by atoms with E-state index in [-0.39, 0.29) is 0 Å². The van der Waals surface area contributed by atoms with Crippen molar-refractivity contribution in [3.63, 3.8) is 0 Å². The molecule has 1 N–H and O–H groups in total. The molecule has 0 bridgehead atoms. The summed E-state index contributed by atoms with van der Waals surface area (Å²) in [4.78, 5) is 11.6. The Balaban J connectivity index is 2.30. The minimum Gasteiger partial charge on any atom is -0.481 e. The van der Waals surface area contributed by atoms with Crippen LogP contribution in [0.25, 0.3) is 0 Å². The van der Waals surface area contributed by atoms with Crippen LogP contribution in [0.1, 0.15) is 28.2 Å². The molecule has 1 atom stereocenters. The summed E-state index contributed by atoms with van der Waals surface area (Å²) in [5.41, 5.74) is 4.30. The maximum absolute atomic E-state index is 11.6. The summed E-state index contributed by atoms with van der Waals surface area (Å²) in [5.74, 6) is -1.31. The average molecular weight is 333 g/mol. The highest BCUT2D eigenvalue weighted by atomic mass is 79.9. The second-order valence-electron chi connectivity index (χ2n) is 5.07. The number of halogens is 1. The summed E-state index contributed by atoms with van der Waals surface area (Å²) in [7, 11) is 0. The average Bonchev–Trinajstić information content (AvgIpc) is 2.39. The first kappa shape index (κ1) is 14.8. The fourth-order valence-electron chi connectivity index (χ4n) is 2.24. The van der Waals surface area contributed by atoms with Crippen LogP contribution in [0.15, 0.2) is 46.9 Å². The number of carboxylic acid groups (broad SMARTS) is 1. The molecule has 1 unspecified atom stereocenters. The Bertz CT molecular complexity index is 635. The molecule has 104 valence electrons. The van der Waals surface area contributed by atoms with Gasteiger partial charge in [-0.3, -0.25) is 4.79 Å². The summed E-state index contributed by atoms with van der Waals surface area (Å²) in [6.07, 6.45) is 0.507. The first-order valence-corrected chi connectivity index (χ1v) is 7.31. The van der Waals surface area contributed by atoms with E-state index < -0.39 is 11.9 Å². The number of aliphatic carboxylic acids is 1. The summed E-state index contributed by atoms with van der Waals surface area (Å²) < 4.78 is 0.904. The fraction of sp³-hybridized carbons (Fsp3) is 0.235. The molecule has 2 rings (SSSR count). The van der Waals surface area contributed by atoms with Gasteiger partial charge in [0.15, 0.2) is 0 Å². The Labute approximate surface area is 127 Å². The molecule has 0 saturated heterocycles. The molecule has 0 aliphatic heterocycles. The van der Waals surface area contributed by atoms with Gasteiger partial charge in [0.1, 0.15) is 0 Å². The van der Waals surface area contributed by atoms with Gasteiger partial charge in [0.05, 0.1) is 5.92 Å². The zero-order valence-corrected chi connectivity index (χ0v) is 13.1. The molecule has 0 saturated carbocycles. The summed E-state index contributed by atoms with van der Waals surface area (Å²) in [5, 5.41) is 9.49. The van der Waals surface area contributed by atoms with Gasteiger partial charge in [-0.25, -0.2) is 0 Å². The SMILES string of the molecule is Cc1ccc(CC(C(=O)O)c2cccc(Br)c2)cc1C. The van der Waals surface area contributed by atoms with Gasteiger partial charge in [-0.1, -0.05) is 46.3 Å². The molecule has 20 heavy (non-hydrogen) atoms. The molecular formula is C17H17BrO2. The number of hydrogen-bond acceptors (Lipinski definition) is 1. The zero-order valence-electron chi connectivity index (χ0n) is 11.6. The maximum Gasteiger partial charge on any atom is 0.311 e. The van der Waals surface area contributed by atoms with E-state index in [0.717, 1.165) is 15.6 Å². The zero-order chi connectivity index (χ0) is 14.7. The maximum atomic E-state index is 11.6. The number of carboxylic acids is 1. The van der Waals surface area contributed by atoms with Gasteiger partial charge in [-0.05, 0) is 54.7 Å². The van der Waals surface area contributed by atoms with Crippen LogP contribution in [-0.2, 0) is 11.2 Å². The first-order chi connectivity index (χ1) is 9.47. The molecule has 0 spiro atoms. The standard InChI is InChI=1S/C17H17BrO2/c1-11-6-7-13(8-12(11)2)9-16(17(19)20)14-4-3-5-15(18)10-14/h3-8,10,16H,9H2,1-2H3,(H,19,20). The van der Waals surface area contributed by atoms with Crippen LogP contribution in [-0.4, -0.2) is 11.1 Å². The van der Waals surface area contributed by atoms with Crippen molar-refractivity contribution < 1.29 is 9.90 Å². The van der Waals surface area contributed by atoms with Crippen LogP contribution < -0.4 is 0 Å². The van der Waals surface area contributed by atoms with Crippen LogP contribution in [0.2, 0.25) is 0 Å². The third-order valence-corrected chi connectivity index (χ3v) is 4.05. The van der Waals surface area contributed by atoms with Crippen molar-refractivity contribution in [2.75, 3.05) is 0 Å². The Morgan fingerprint density at radius 3 is 2.50 bits per heavy atom. The normalized spacial score (nSPS) is 12.2. The molecule has 0 heterocycles. The van der Waals surface area contributed by atoms with Gasteiger partial charge < -0.3 is 5.11 Å². The van der Waals surface area contributed by atoms with Crippen molar-refractivity contribution in [3.05, 3.63) is 69.2 Å². The minimum atomic E-state index is -0.790. The monoisotopic (exact) mass is 332 g/mol. The van der Waals surface area contributed by atoms with Gasteiger partial charge in [-0.15, -0.1) is 0 Å². The largest absolute Gasteiger partial charge is 0.481 e. The molecule has 3 heteroatoms. The third-order valence-electron chi connectivity index (χ3n) is 3.56.